The molecular formula is C12H8BrF2NO2S. The molecule has 2 aromatic carbocycles. The largest absolute Gasteiger partial charge is 0.277 e. The van der Waals surface area contributed by atoms with E-state index in [1.807, 2.05) is 0 Å². The van der Waals surface area contributed by atoms with Crippen molar-refractivity contribution in [2.45, 2.75) is 4.90 Å². The van der Waals surface area contributed by atoms with Crippen LogP contribution in [0.5, 0.6) is 0 Å². The Morgan fingerprint density at radius 2 is 1.63 bits per heavy atom. The van der Waals surface area contributed by atoms with Crippen LogP contribution < -0.4 is 4.72 Å². The maximum atomic E-state index is 13.5. The van der Waals surface area contributed by atoms with Crippen LogP contribution in [0.3, 0.4) is 0 Å². The normalized spacial score (nSPS) is 11.3. The molecule has 1 N–H and O–H groups in total. The highest BCUT2D eigenvalue weighted by Gasteiger charge is 2.16. The van der Waals surface area contributed by atoms with Crippen LogP contribution >= 0.6 is 15.9 Å². The summed E-state index contributed by atoms with van der Waals surface area (Å²) in [6, 6.07) is 8.19. The van der Waals surface area contributed by atoms with Gasteiger partial charge in [0.25, 0.3) is 10.0 Å². The molecular weight excluding hydrogens is 340 g/mol. The van der Waals surface area contributed by atoms with E-state index in [-0.39, 0.29) is 10.6 Å². The van der Waals surface area contributed by atoms with Gasteiger partial charge in [0.15, 0.2) is 0 Å². The molecule has 0 fully saturated rings. The van der Waals surface area contributed by atoms with Crippen molar-refractivity contribution >= 4 is 31.6 Å². The molecule has 0 bridgehead atoms. The lowest BCUT2D eigenvalue weighted by molar-refractivity contribution is 0.597. The van der Waals surface area contributed by atoms with E-state index < -0.39 is 21.7 Å². The average molecular weight is 348 g/mol. The minimum Gasteiger partial charge on any atom is -0.277 e. The number of sulfonamides is 1. The number of nitrogens with one attached hydrogen (secondary N) is 1. The van der Waals surface area contributed by atoms with Crippen molar-refractivity contribution in [1.29, 1.82) is 0 Å². The number of halogens is 3. The number of rotatable bonds is 3. The van der Waals surface area contributed by atoms with Crippen molar-refractivity contribution in [3.8, 4) is 0 Å². The first-order chi connectivity index (χ1) is 8.88. The summed E-state index contributed by atoms with van der Waals surface area (Å²) in [5.74, 6) is -1.26. The van der Waals surface area contributed by atoms with Gasteiger partial charge in [0, 0.05) is 4.47 Å². The smallest absolute Gasteiger partial charge is 0.261 e. The molecule has 19 heavy (non-hydrogen) atoms. The molecule has 100 valence electrons. The van der Waals surface area contributed by atoms with Crippen molar-refractivity contribution < 1.29 is 17.2 Å². The Balaban J connectivity index is 2.33. The summed E-state index contributed by atoms with van der Waals surface area (Å²) in [5, 5.41) is 0. The van der Waals surface area contributed by atoms with Crippen LogP contribution in [0.4, 0.5) is 14.5 Å². The summed E-state index contributed by atoms with van der Waals surface area (Å²) >= 11 is 3.07. The van der Waals surface area contributed by atoms with Crippen LogP contribution in [-0.2, 0) is 10.0 Å². The van der Waals surface area contributed by atoms with Crippen molar-refractivity contribution in [3.05, 3.63) is 58.6 Å². The topological polar surface area (TPSA) is 46.2 Å². The van der Waals surface area contributed by atoms with Crippen LogP contribution in [0.25, 0.3) is 0 Å². The third kappa shape index (κ3) is 3.30. The molecule has 0 aliphatic rings. The lowest BCUT2D eigenvalue weighted by Gasteiger charge is -2.09. The Labute approximate surface area is 117 Å². The Bertz CT molecular complexity index is 702. The highest BCUT2D eigenvalue weighted by molar-refractivity contribution is 9.10. The fourth-order valence-corrected chi connectivity index (χ4v) is 2.79. The number of hydrogen-bond acceptors (Lipinski definition) is 2. The van der Waals surface area contributed by atoms with Crippen molar-refractivity contribution in [2.24, 2.45) is 0 Å². The van der Waals surface area contributed by atoms with Crippen molar-refractivity contribution in [1.82, 2.24) is 0 Å². The molecule has 0 spiro atoms. The van der Waals surface area contributed by atoms with Gasteiger partial charge < -0.3 is 0 Å². The van der Waals surface area contributed by atoms with Gasteiger partial charge in [0.05, 0.1) is 10.6 Å². The van der Waals surface area contributed by atoms with Gasteiger partial charge in [0.1, 0.15) is 11.6 Å². The molecule has 0 aliphatic heterocycles. The minimum atomic E-state index is -3.94. The fourth-order valence-electron chi connectivity index (χ4n) is 1.39. The Morgan fingerprint density at radius 3 is 2.21 bits per heavy atom. The first kappa shape index (κ1) is 14.0. The molecule has 0 saturated carbocycles. The van der Waals surface area contributed by atoms with Gasteiger partial charge in [-0.15, -0.1) is 0 Å². The first-order valence-corrected chi connectivity index (χ1v) is 7.39. The second kappa shape index (κ2) is 5.26. The van der Waals surface area contributed by atoms with Gasteiger partial charge in [-0.05, 0) is 42.5 Å². The van der Waals surface area contributed by atoms with Crippen LogP contribution in [0, 0.1) is 11.6 Å². The quantitative estimate of drug-likeness (QED) is 0.923. The van der Waals surface area contributed by atoms with Crippen LogP contribution in [-0.4, -0.2) is 8.42 Å². The zero-order valence-electron chi connectivity index (χ0n) is 9.40. The average Bonchev–Trinajstić information content (AvgIpc) is 2.33. The fraction of sp³-hybridized carbons (Fsp3) is 0. The minimum absolute atomic E-state index is 0.142. The molecule has 3 nitrogen and oxygen atoms in total. The Hall–Kier alpha value is -1.47. The number of benzene rings is 2. The van der Waals surface area contributed by atoms with Gasteiger partial charge in [-0.25, -0.2) is 17.2 Å². The van der Waals surface area contributed by atoms with Gasteiger partial charge in [0.2, 0.25) is 0 Å². The van der Waals surface area contributed by atoms with E-state index in [9.17, 15) is 17.2 Å². The lowest BCUT2D eigenvalue weighted by Crippen LogP contribution is -2.13. The molecule has 0 radical (unpaired) electrons. The van der Waals surface area contributed by atoms with E-state index in [4.69, 9.17) is 0 Å². The second-order valence-electron chi connectivity index (χ2n) is 3.68. The Kier molecular flexibility index (Phi) is 3.86. The SMILES string of the molecule is O=S(=O)(Nc1ccc(Br)cc1F)c1ccc(F)cc1. The van der Waals surface area contributed by atoms with E-state index >= 15 is 0 Å². The van der Waals surface area contributed by atoms with Crippen LogP contribution in [0.1, 0.15) is 0 Å². The van der Waals surface area contributed by atoms with Gasteiger partial charge >= 0.3 is 0 Å². The molecule has 0 aliphatic carbocycles. The van der Waals surface area contributed by atoms with Crippen molar-refractivity contribution in [3.63, 3.8) is 0 Å². The van der Waals surface area contributed by atoms with E-state index in [1.165, 1.54) is 12.1 Å². The number of hydrogen-bond donors (Lipinski definition) is 1. The lowest BCUT2D eigenvalue weighted by atomic mass is 10.3. The molecule has 7 heteroatoms. The molecule has 0 unspecified atom stereocenters. The molecule has 0 saturated heterocycles. The zero-order valence-corrected chi connectivity index (χ0v) is 11.8. The van der Waals surface area contributed by atoms with Crippen LogP contribution in [0.15, 0.2) is 51.8 Å². The zero-order chi connectivity index (χ0) is 14.0. The third-order valence-corrected chi connectivity index (χ3v) is 4.17. The molecule has 2 rings (SSSR count). The maximum absolute atomic E-state index is 13.5. The number of anilines is 1. The van der Waals surface area contributed by atoms with Gasteiger partial charge in [-0.1, -0.05) is 15.9 Å². The predicted octanol–water partition coefficient (Wildman–Crippen LogP) is 3.53. The van der Waals surface area contributed by atoms with Crippen LogP contribution in [0.2, 0.25) is 0 Å². The Morgan fingerprint density at radius 1 is 1.00 bits per heavy atom. The second-order valence-corrected chi connectivity index (χ2v) is 6.28. The standard InChI is InChI=1S/C12H8BrF2NO2S/c13-8-1-6-12(11(15)7-8)16-19(17,18)10-4-2-9(14)3-5-10/h1-7,16H. The summed E-state index contributed by atoms with van der Waals surface area (Å²) in [5.41, 5.74) is -0.174. The highest BCUT2D eigenvalue weighted by Crippen LogP contribution is 2.22. The summed E-state index contributed by atoms with van der Waals surface area (Å²) in [6.07, 6.45) is 0. The molecule has 0 heterocycles. The summed E-state index contributed by atoms with van der Waals surface area (Å²) < 4.78 is 52.7. The van der Waals surface area contributed by atoms with E-state index in [1.54, 1.807) is 0 Å². The van der Waals surface area contributed by atoms with E-state index in [2.05, 4.69) is 20.7 Å². The van der Waals surface area contributed by atoms with Gasteiger partial charge in [-0.2, -0.15) is 0 Å². The first-order valence-electron chi connectivity index (χ1n) is 5.12. The maximum Gasteiger partial charge on any atom is 0.261 e. The summed E-state index contributed by atoms with van der Waals surface area (Å²) in [7, 11) is -3.94. The molecule has 0 atom stereocenters. The molecule has 0 amide bonds. The summed E-state index contributed by atoms with van der Waals surface area (Å²) in [4.78, 5) is -0.142. The van der Waals surface area contributed by atoms with E-state index in [0.717, 1.165) is 30.3 Å². The predicted molar refractivity (Wildman–Crippen MR) is 71.3 cm³/mol. The highest BCUT2D eigenvalue weighted by atomic mass is 79.9. The third-order valence-electron chi connectivity index (χ3n) is 2.30. The van der Waals surface area contributed by atoms with Gasteiger partial charge in [-0.3, -0.25) is 4.72 Å². The van der Waals surface area contributed by atoms with E-state index in [0.29, 0.717) is 4.47 Å². The summed E-state index contributed by atoms with van der Waals surface area (Å²) in [6.45, 7) is 0. The molecule has 2 aromatic rings. The van der Waals surface area contributed by atoms with Crippen molar-refractivity contribution in [2.75, 3.05) is 4.72 Å². The monoisotopic (exact) mass is 347 g/mol. The molecule has 0 aromatic heterocycles.